The predicted octanol–water partition coefficient (Wildman–Crippen LogP) is 3.85. The maximum absolute atomic E-state index is 11.8. The van der Waals surface area contributed by atoms with Gasteiger partial charge in [-0.3, -0.25) is 5.32 Å². The molecule has 0 aliphatic carbocycles. The fourth-order valence-corrected chi connectivity index (χ4v) is 1.60. The van der Waals surface area contributed by atoms with Crippen LogP contribution in [0, 0.1) is 0 Å². The minimum atomic E-state index is -0.580. The molecule has 1 aromatic carbocycles. The van der Waals surface area contributed by atoms with Crippen molar-refractivity contribution in [2.75, 3.05) is 11.9 Å². The summed E-state index contributed by atoms with van der Waals surface area (Å²) in [6, 6.07) is 4.81. The van der Waals surface area contributed by atoms with E-state index in [0.29, 0.717) is 23.4 Å². The number of esters is 1. The largest absolute Gasteiger partial charge is 0.462 e. The van der Waals surface area contributed by atoms with Crippen LogP contribution in [0.5, 0.6) is 0 Å². The molecule has 0 saturated carbocycles. The van der Waals surface area contributed by atoms with Crippen molar-refractivity contribution in [1.82, 2.24) is 0 Å². The summed E-state index contributed by atoms with van der Waals surface area (Å²) in [6.45, 7) is 11.1. The number of hydrogen-bond acceptors (Lipinski definition) is 4. The molecule has 1 amide bonds. The number of nitrogens with one attached hydrogen (secondary N) is 1. The number of benzene rings is 1. The van der Waals surface area contributed by atoms with Gasteiger partial charge in [0.1, 0.15) is 5.60 Å². The third kappa shape index (κ3) is 5.30. The van der Waals surface area contributed by atoms with E-state index in [-0.39, 0.29) is 0 Å². The van der Waals surface area contributed by atoms with Crippen molar-refractivity contribution < 1.29 is 19.1 Å². The summed E-state index contributed by atoms with van der Waals surface area (Å²) in [6.07, 6.45) is 0.990. The summed E-state index contributed by atoms with van der Waals surface area (Å²) in [7, 11) is 0. The molecule has 0 aromatic heterocycles. The van der Waals surface area contributed by atoms with Gasteiger partial charge in [-0.1, -0.05) is 12.7 Å². The molecule has 0 heterocycles. The first-order chi connectivity index (χ1) is 9.76. The van der Waals surface area contributed by atoms with Crippen molar-refractivity contribution in [3.63, 3.8) is 0 Å². The molecule has 5 nitrogen and oxygen atoms in total. The van der Waals surface area contributed by atoms with Crippen LogP contribution < -0.4 is 5.32 Å². The van der Waals surface area contributed by atoms with E-state index in [0.717, 1.165) is 0 Å². The van der Waals surface area contributed by atoms with Gasteiger partial charge in [-0.25, -0.2) is 9.59 Å². The fourth-order valence-electron chi connectivity index (χ4n) is 1.60. The van der Waals surface area contributed by atoms with E-state index >= 15 is 0 Å². The summed E-state index contributed by atoms with van der Waals surface area (Å²) in [5.41, 5.74) is 0.962. The Bertz CT molecular complexity index is 544. The molecule has 0 aliphatic heterocycles. The molecule has 5 heteroatoms. The van der Waals surface area contributed by atoms with Crippen LogP contribution in [0.15, 0.2) is 24.8 Å². The number of carbonyl (C=O) groups is 2. The van der Waals surface area contributed by atoms with Crippen LogP contribution in [-0.2, 0) is 9.47 Å². The van der Waals surface area contributed by atoms with Gasteiger partial charge in [0.25, 0.3) is 0 Å². The smallest absolute Gasteiger partial charge is 0.412 e. The van der Waals surface area contributed by atoms with E-state index in [1.54, 1.807) is 52.0 Å². The Morgan fingerprint density at radius 2 is 2.00 bits per heavy atom. The third-order valence-corrected chi connectivity index (χ3v) is 2.42. The van der Waals surface area contributed by atoms with E-state index in [2.05, 4.69) is 11.9 Å². The summed E-state index contributed by atoms with van der Waals surface area (Å²) in [4.78, 5) is 23.4. The van der Waals surface area contributed by atoms with E-state index < -0.39 is 17.7 Å². The molecule has 0 spiro atoms. The monoisotopic (exact) mass is 291 g/mol. The lowest BCUT2D eigenvalue weighted by atomic mass is 10.1. The zero-order valence-corrected chi connectivity index (χ0v) is 12.9. The standard InChI is InChI=1S/C16H21NO4/c1-6-11-10-12(14(18)20-7-2)8-9-13(11)17-15(19)21-16(3,4)5/h6,8-10H,1,7H2,2-5H3,(H,17,19). The van der Waals surface area contributed by atoms with E-state index in [9.17, 15) is 9.59 Å². The minimum absolute atomic E-state index is 0.306. The highest BCUT2D eigenvalue weighted by Crippen LogP contribution is 2.20. The van der Waals surface area contributed by atoms with Gasteiger partial charge in [-0.15, -0.1) is 0 Å². The zero-order chi connectivity index (χ0) is 16.0. The van der Waals surface area contributed by atoms with Crippen molar-refractivity contribution in [3.05, 3.63) is 35.9 Å². The quantitative estimate of drug-likeness (QED) is 0.856. The first kappa shape index (κ1) is 16.8. The molecular formula is C16H21NO4. The summed E-state index contributed by atoms with van der Waals surface area (Å²) in [5, 5.41) is 2.63. The van der Waals surface area contributed by atoms with Gasteiger partial charge in [-0.05, 0) is 51.5 Å². The lowest BCUT2D eigenvalue weighted by molar-refractivity contribution is 0.0525. The van der Waals surface area contributed by atoms with Crippen molar-refractivity contribution in [3.8, 4) is 0 Å². The molecule has 0 atom stereocenters. The van der Waals surface area contributed by atoms with Crippen LogP contribution in [0.1, 0.15) is 43.6 Å². The SMILES string of the molecule is C=Cc1cc(C(=O)OCC)ccc1NC(=O)OC(C)(C)C. The Labute approximate surface area is 124 Å². The number of anilines is 1. The van der Waals surface area contributed by atoms with Gasteiger partial charge in [0.05, 0.1) is 17.9 Å². The molecule has 1 aromatic rings. The lowest BCUT2D eigenvalue weighted by Crippen LogP contribution is -2.27. The van der Waals surface area contributed by atoms with Gasteiger partial charge in [0.2, 0.25) is 0 Å². The first-order valence-electron chi connectivity index (χ1n) is 6.70. The fraction of sp³-hybridized carbons (Fsp3) is 0.375. The topological polar surface area (TPSA) is 64.6 Å². The molecule has 0 fully saturated rings. The van der Waals surface area contributed by atoms with Gasteiger partial charge < -0.3 is 9.47 Å². The Morgan fingerprint density at radius 3 is 2.52 bits per heavy atom. The predicted molar refractivity (Wildman–Crippen MR) is 82.3 cm³/mol. The van der Waals surface area contributed by atoms with Crippen LogP contribution in [0.25, 0.3) is 6.08 Å². The maximum Gasteiger partial charge on any atom is 0.412 e. The highest BCUT2D eigenvalue weighted by atomic mass is 16.6. The minimum Gasteiger partial charge on any atom is -0.462 e. The average molecular weight is 291 g/mol. The number of amides is 1. The molecule has 1 N–H and O–H groups in total. The van der Waals surface area contributed by atoms with Crippen molar-refractivity contribution in [2.45, 2.75) is 33.3 Å². The Kier molecular flexibility index (Phi) is 5.52. The van der Waals surface area contributed by atoms with Crippen molar-refractivity contribution in [2.24, 2.45) is 0 Å². The number of hydrogen-bond donors (Lipinski definition) is 1. The van der Waals surface area contributed by atoms with E-state index in [1.165, 1.54) is 0 Å². The molecule has 21 heavy (non-hydrogen) atoms. The van der Waals surface area contributed by atoms with E-state index in [1.807, 2.05) is 0 Å². The lowest BCUT2D eigenvalue weighted by Gasteiger charge is -2.20. The third-order valence-electron chi connectivity index (χ3n) is 2.42. The molecule has 0 bridgehead atoms. The van der Waals surface area contributed by atoms with Gasteiger partial charge in [-0.2, -0.15) is 0 Å². The van der Waals surface area contributed by atoms with Crippen LogP contribution in [0.4, 0.5) is 10.5 Å². The van der Waals surface area contributed by atoms with Gasteiger partial charge in [0.15, 0.2) is 0 Å². The second-order valence-corrected chi connectivity index (χ2v) is 5.35. The Balaban J connectivity index is 2.92. The maximum atomic E-state index is 11.8. The molecule has 0 saturated heterocycles. The highest BCUT2D eigenvalue weighted by molar-refractivity contribution is 5.93. The zero-order valence-electron chi connectivity index (χ0n) is 12.9. The van der Waals surface area contributed by atoms with Crippen LogP contribution in [0.2, 0.25) is 0 Å². The highest BCUT2D eigenvalue weighted by Gasteiger charge is 2.17. The molecule has 0 aliphatic rings. The molecule has 1 rings (SSSR count). The second-order valence-electron chi connectivity index (χ2n) is 5.35. The average Bonchev–Trinajstić information content (AvgIpc) is 2.37. The number of rotatable bonds is 4. The number of carbonyl (C=O) groups excluding carboxylic acids is 2. The van der Waals surface area contributed by atoms with Crippen molar-refractivity contribution >= 4 is 23.8 Å². The van der Waals surface area contributed by atoms with Gasteiger partial charge >= 0.3 is 12.1 Å². The summed E-state index contributed by atoms with van der Waals surface area (Å²) >= 11 is 0. The molecule has 114 valence electrons. The van der Waals surface area contributed by atoms with Crippen LogP contribution >= 0.6 is 0 Å². The van der Waals surface area contributed by atoms with Crippen LogP contribution in [0.3, 0.4) is 0 Å². The second kappa shape index (κ2) is 6.92. The molecule has 0 radical (unpaired) electrons. The summed E-state index contributed by atoms with van der Waals surface area (Å²) < 4.78 is 10.1. The summed E-state index contributed by atoms with van der Waals surface area (Å²) in [5.74, 6) is -0.413. The molecule has 0 unspecified atom stereocenters. The Hall–Kier alpha value is -2.30. The van der Waals surface area contributed by atoms with E-state index in [4.69, 9.17) is 9.47 Å². The van der Waals surface area contributed by atoms with Crippen molar-refractivity contribution in [1.29, 1.82) is 0 Å². The van der Waals surface area contributed by atoms with Gasteiger partial charge in [0, 0.05) is 0 Å². The normalized spacial score (nSPS) is 10.7. The molecular weight excluding hydrogens is 270 g/mol. The van der Waals surface area contributed by atoms with Crippen LogP contribution in [-0.4, -0.2) is 24.3 Å². The first-order valence-corrected chi connectivity index (χ1v) is 6.70. The Morgan fingerprint density at radius 1 is 1.33 bits per heavy atom. The number of ether oxygens (including phenoxy) is 2.